The predicted octanol–water partition coefficient (Wildman–Crippen LogP) is 1.80. The number of hydrogen-bond donors (Lipinski definition) is 1. The van der Waals surface area contributed by atoms with Crippen LogP contribution < -0.4 is 5.32 Å². The minimum absolute atomic E-state index is 0.142. The summed E-state index contributed by atoms with van der Waals surface area (Å²) in [6.45, 7) is 6.79. The number of morpholine rings is 1. The summed E-state index contributed by atoms with van der Waals surface area (Å²) in [7, 11) is 0. The summed E-state index contributed by atoms with van der Waals surface area (Å²) in [5, 5.41) is 3.93. The van der Waals surface area contributed by atoms with Crippen molar-refractivity contribution in [3.8, 4) is 0 Å². The third kappa shape index (κ3) is 3.09. The van der Waals surface area contributed by atoms with Crippen molar-refractivity contribution in [3.05, 3.63) is 35.6 Å². The Morgan fingerprint density at radius 2 is 2.05 bits per heavy atom. The van der Waals surface area contributed by atoms with Crippen molar-refractivity contribution < 1.29 is 13.9 Å². The van der Waals surface area contributed by atoms with Gasteiger partial charge in [-0.05, 0) is 13.0 Å². The van der Waals surface area contributed by atoms with Crippen LogP contribution in [0.3, 0.4) is 0 Å². The molecule has 0 saturated carbocycles. The minimum atomic E-state index is -0.142. The smallest absolute Gasteiger partial charge is 0.287 e. The lowest BCUT2D eigenvalue weighted by molar-refractivity contribution is 0.0382. The Morgan fingerprint density at radius 3 is 2.81 bits per heavy atom. The quantitative estimate of drug-likeness (QED) is 0.932. The molecule has 1 saturated heterocycles. The number of fused-ring (bicyclic) bond motifs is 1. The first-order valence-corrected chi connectivity index (χ1v) is 7.32. The van der Waals surface area contributed by atoms with Crippen LogP contribution >= 0.6 is 0 Å². The largest absolute Gasteiger partial charge is 0.451 e. The Bertz CT molecular complexity index is 629. The van der Waals surface area contributed by atoms with Gasteiger partial charge in [0.15, 0.2) is 5.76 Å². The second-order valence-electron chi connectivity index (χ2n) is 5.26. The summed E-state index contributed by atoms with van der Waals surface area (Å²) in [6.07, 6.45) is 0. The molecule has 1 aromatic carbocycles. The van der Waals surface area contributed by atoms with E-state index in [1.54, 1.807) is 0 Å². The number of rotatable bonds is 4. The number of nitrogens with one attached hydrogen (secondary N) is 1. The highest BCUT2D eigenvalue weighted by atomic mass is 16.5. The van der Waals surface area contributed by atoms with Crippen molar-refractivity contribution in [2.24, 2.45) is 0 Å². The van der Waals surface area contributed by atoms with Gasteiger partial charge >= 0.3 is 0 Å². The van der Waals surface area contributed by atoms with E-state index < -0.39 is 0 Å². The molecule has 1 aliphatic heterocycles. The molecule has 21 heavy (non-hydrogen) atoms. The van der Waals surface area contributed by atoms with Crippen LogP contribution in [0.25, 0.3) is 11.0 Å². The fourth-order valence-corrected chi connectivity index (χ4v) is 2.62. The summed E-state index contributed by atoms with van der Waals surface area (Å²) >= 11 is 0. The Kier molecular flexibility index (Phi) is 4.22. The summed E-state index contributed by atoms with van der Waals surface area (Å²) in [4.78, 5) is 14.5. The molecule has 112 valence electrons. The van der Waals surface area contributed by atoms with E-state index in [0.717, 1.165) is 49.4 Å². The SMILES string of the molecule is Cc1c(C(=O)NCCN2CCOCC2)oc2ccccc12. The van der Waals surface area contributed by atoms with E-state index in [9.17, 15) is 4.79 Å². The average Bonchev–Trinajstić information content (AvgIpc) is 2.86. The molecule has 0 unspecified atom stereocenters. The number of benzene rings is 1. The molecule has 1 aromatic heterocycles. The zero-order chi connectivity index (χ0) is 14.7. The van der Waals surface area contributed by atoms with E-state index in [1.807, 2.05) is 31.2 Å². The second-order valence-corrected chi connectivity index (χ2v) is 5.26. The number of amides is 1. The molecule has 1 aliphatic rings. The third-order valence-corrected chi connectivity index (χ3v) is 3.87. The molecule has 0 bridgehead atoms. The molecule has 2 aromatic rings. The van der Waals surface area contributed by atoms with E-state index >= 15 is 0 Å². The summed E-state index contributed by atoms with van der Waals surface area (Å²) in [6, 6.07) is 7.71. The van der Waals surface area contributed by atoms with Gasteiger partial charge in [0.1, 0.15) is 5.58 Å². The summed E-state index contributed by atoms with van der Waals surface area (Å²) < 4.78 is 11.0. The normalized spacial score (nSPS) is 16.2. The average molecular weight is 288 g/mol. The van der Waals surface area contributed by atoms with E-state index in [4.69, 9.17) is 9.15 Å². The molecule has 5 nitrogen and oxygen atoms in total. The van der Waals surface area contributed by atoms with E-state index in [2.05, 4.69) is 10.2 Å². The zero-order valence-corrected chi connectivity index (χ0v) is 12.2. The third-order valence-electron chi connectivity index (χ3n) is 3.87. The lowest BCUT2D eigenvalue weighted by atomic mass is 10.1. The van der Waals surface area contributed by atoms with Gasteiger partial charge in [-0.1, -0.05) is 18.2 Å². The zero-order valence-electron chi connectivity index (χ0n) is 12.2. The van der Waals surface area contributed by atoms with Crippen molar-refractivity contribution >= 4 is 16.9 Å². The van der Waals surface area contributed by atoms with Gasteiger partial charge < -0.3 is 14.5 Å². The van der Waals surface area contributed by atoms with Gasteiger partial charge in [0.05, 0.1) is 13.2 Å². The first kappa shape index (κ1) is 14.1. The molecule has 0 radical (unpaired) electrons. The van der Waals surface area contributed by atoms with Crippen LogP contribution in [0.1, 0.15) is 16.1 Å². The Morgan fingerprint density at radius 1 is 1.29 bits per heavy atom. The maximum Gasteiger partial charge on any atom is 0.287 e. The second kappa shape index (κ2) is 6.28. The van der Waals surface area contributed by atoms with Gasteiger partial charge in [0.2, 0.25) is 0 Å². The number of furan rings is 1. The maximum absolute atomic E-state index is 12.2. The number of carbonyl (C=O) groups excluding carboxylic acids is 1. The van der Waals surface area contributed by atoms with Gasteiger partial charge in [-0.3, -0.25) is 9.69 Å². The standard InChI is InChI=1S/C16H20N2O3/c1-12-13-4-2-3-5-14(13)21-15(12)16(19)17-6-7-18-8-10-20-11-9-18/h2-5H,6-11H2,1H3,(H,17,19). The van der Waals surface area contributed by atoms with E-state index in [0.29, 0.717) is 12.3 Å². The van der Waals surface area contributed by atoms with E-state index in [1.165, 1.54) is 0 Å². The van der Waals surface area contributed by atoms with Crippen LogP contribution in [0.15, 0.2) is 28.7 Å². The first-order valence-electron chi connectivity index (χ1n) is 7.32. The minimum Gasteiger partial charge on any atom is -0.451 e. The van der Waals surface area contributed by atoms with Gasteiger partial charge in [0.25, 0.3) is 5.91 Å². The lowest BCUT2D eigenvalue weighted by Gasteiger charge is -2.26. The van der Waals surface area contributed by atoms with Gasteiger partial charge in [0, 0.05) is 37.1 Å². The molecule has 0 aliphatic carbocycles. The van der Waals surface area contributed by atoms with Crippen molar-refractivity contribution in [2.45, 2.75) is 6.92 Å². The number of para-hydroxylation sites is 1. The topological polar surface area (TPSA) is 54.7 Å². The Labute approximate surface area is 123 Å². The van der Waals surface area contributed by atoms with Crippen LogP contribution in [0.4, 0.5) is 0 Å². The number of hydrogen-bond acceptors (Lipinski definition) is 4. The van der Waals surface area contributed by atoms with Gasteiger partial charge in [-0.2, -0.15) is 0 Å². The maximum atomic E-state index is 12.2. The molecule has 0 spiro atoms. The van der Waals surface area contributed by atoms with Crippen LogP contribution in [-0.4, -0.2) is 50.2 Å². The predicted molar refractivity (Wildman–Crippen MR) is 80.5 cm³/mol. The number of ether oxygens (including phenoxy) is 1. The molecule has 3 rings (SSSR count). The highest BCUT2D eigenvalue weighted by molar-refractivity contribution is 5.98. The van der Waals surface area contributed by atoms with Crippen LogP contribution in [0.5, 0.6) is 0 Å². The fourth-order valence-electron chi connectivity index (χ4n) is 2.62. The number of carbonyl (C=O) groups is 1. The molecule has 1 N–H and O–H groups in total. The Hall–Kier alpha value is -1.85. The monoisotopic (exact) mass is 288 g/mol. The van der Waals surface area contributed by atoms with Crippen molar-refractivity contribution in [3.63, 3.8) is 0 Å². The fraction of sp³-hybridized carbons (Fsp3) is 0.438. The van der Waals surface area contributed by atoms with Crippen LogP contribution in [0, 0.1) is 6.92 Å². The Balaban J connectivity index is 1.60. The van der Waals surface area contributed by atoms with Crippen molar-refractivity contribution in [2.75, 3.05) is 39.4 Å². The molecular formula is C16H20N2O3. The number of nitrogens with zero attached hydrogens (tertiary/aromatic N) is 1. The molecule has 5 heteroatoms. The van der Waals surface area contributed by atoms with Gasteiger partial charge in [-0.15, -0.1) is 0 Å². The molecule has 1 amide bonds. The number of aryl methyl sites for hydroxylation is 1. The molecule has 1 fully saturated rings. The van der Waals surface area contributed by atoms with Crippen molar-refractivity contribution in [1.29, 1.82) is 0 Å². The molecular weight excluding hydrogens is 268 g/mol. The van der Waals surface area contributed by atoms with Crippen molar-refractivity contribution in [1.82, 2.24) is 10.2 Å². The molecule has 2 heterocycles. The first-order chi connectivity index (χ1) is 10.3. The summed E-state index contributed by atoms with van der Waals surface area (Å²) in [5.74, 6) is 0.273. The summed E-state index contributed by atoms with van der Waals surface area (Å²) in [5.41, 5.74) is 1.66. The highest BCUT2D eigenvalue weighted by Gasteiger charge is 2.17. The van der Waals surface area contributed by atoms with E-state index in [-0.39, 0.29) is 5.91 Å². The highest BCUT2D eigenvalue weighted by Crippen LogP contribution is 2.24. The van der Waals surface area contributed by atoms with Crippen LogP contribution in [-0.2, 0) is 4.74 Å². The molecule has 0 atom stereocenters. The lowest BCUT2D eigenvalue weighted by Crippen LogP contribution is -2.41. The van der Waals surface area contributed by atoms with Gasteiger partial charge in [-0.25, -0.2) is 0 Å². The van der Waals surface area contributed by atoms with Crippen LogP contribution in [0.2, 0.25) is 0 Å².